The van der Waals surface area contributed by atoms with E-state index in [0.29, 0.717) is 10.7 Å². The third-order valence-electron chi connectivity index (χ3n) is 3.42. The maximum absolute atomic E-state index is 10.7. The minimum absolute atomic E-state index is 0.0307. The lowest BCUT2D eigenvalue weighted by molar-refractivity contribution is -0.906. The van der Waals surface area contributed by atoms with Crippen LogP contribution < -0.4 is 15.6 Å². The molecule has 1 aliphatic rings. The van der Waals surface area contributed by atoms with Crippen LogP contribution >= 0.6 is 12.2 Å². The van der Waals surface area contributed by atoms with E-state index in [1.54, 1.807) is 12.1 Å². The molecule has 1 aromatic carbocycles. The van der Waals surface area contributed by atoms with Crippen LogP contribution in [0.5, 0.6) is 0 Å². The lowest BCUT2D eigenvalue weighted by Gasteiger charge is -2.23. The normalized spacial score (nSPS) is 15.5. The van der Waals surface area contributed by atoms with E-state index in [4.69, 9.17) is 17.0 Å². The molecule has 2 rings (SSSR count). The predicted octanol–water partition coefficient (Wildman–Crippen LogP) is -0.692. The number of hydrazone groups is 1. The van der Waals surface area contributed by atoms with Crippen molar-refractivity contribution in [2.24, 2.45) is 5.10 Å². The summed E-state index contributed by atoms with van der Waals surface area (Å²) < 4.78 is 5.30. The van der Waals surface area contributed by atoms with Gasteiger partial charge in [0.05, 0.1) is 37.4 Å². The lowest BCUT2D eigenvalue weighted by Crippen LogP contribution is -3.14. The third-order valence-corrected chi connectivity index (χ3v) is 3.66. The van der Waals surface area contributed by atoms with Gasteiger partial charge in [0, 0.05) is 17.7 Å². The second-order valence-electron chi connectivity index (χ2n) is 5.09. The number of quaternary nitrogens is 1. The Balaban J connectivity index is 1.69. The number of thiocarbonyl (C=S) groups is 1. The lowest BCUT2D eigenvalue weighted by atomic mass is 10.2. The number of rotatable bonds is 6. The molecule has 0 unspecified atom stereocenters. The molecule has 124 valence electrons. The summed E-state index contributed by atoms with van der Waals surface area (Å²) in [5.74, 6) is 0. The van der Waals surface area contributed by atoms with Gasteiger partial charge in [-0.15, -0.1) is 0 Å². The van der Waals surface area contributed by atoms with Gasteiger partial charge in [0.25, 0.3) is 5.69 Å². The van der Waals surface area contributed by atoms with Crippen molar-refractivity contribution in [1.29, 1.82) is 0 Å². The molecular weight excluding hydrogens is 318 g/mol. The molecule has 3 N–H and O–H groups in total. The molecule has 0 radical (unpaired) electrons. The molecule has 1 aliphatic heterocycles. The van der Waals surface area contributed by atoms with E-state index in [-0.39, 0.29) is 5.69 Å². The predicted molar refractivity (Wildman–Crippen MR) is 90.8 cm³/mol. The first kappa shape index (κ1) is 17.3. The second kappa shape index (κ2) is 9.13. The van der Waals surface area contributed by atoms with Crippen molar-refractivity contribution < 1.29 is 14.6 Å². The molecule has 9 heteroatoms. The fraction of sp³-hybridized carbons (Fsp3) is 0.429. The molecule has 23 heavy (non-hydrogen) atoms. The van der Waals surface area contributed by atoms with Crippen molar-refractivity contribution >= 4 is 29.2 Å². The Morgan fingerprint density at radius 3 is 3.00 bits per heavy atom. The molecule has 1 heterocycles. The highest BCUT2D eigenvalue weighted by molar-refractivity contribution is 7.80. The molecule has 0 spiro atoms. The fourth-order valence-electron chi connectivity index (χ4n) is 2.19. The Hall–Kier alpha value is -2.10. The summed E-state index contributed by atoms with van der Waals surface area (Å²) in [6, 6.07) is 6.23. The SMILES string of the molecule is O=[N+]([O-])c1cccc(/C=N\NC(=S)NCC[NH+]2CCOCC2)c1. The van der Waals surface area contributed by atoms with Crippen molar-refractivity contribution in [1.82, 2.24) is 10.7 Å². The molecule has 0 aliphatic carbocycles. The van der Waals surface area contributed by atoms with Gasteiger partial charge in [-0.1, -0.05) is 12.1 Å². The van der Waals surface area contributed by atoms with Crippen LogP contribution in [0.1, 0.15) is 5.56 Å². The van der Waals surface area contributed by atoms with E-state index in [0.717, 1.165) is 39.4 Å². The fourth-order valence-corrected chi connectivity index (χ4v) is 2.34. The molecule has 0 aromatic heterocycles. The Morgan fingerprint density at radius 1 is 1.48 bits per heavy atom. The summed E-state index contributed by atoms with van der Waals surface area (Å²) in [7, 11) is 0. The highest BCUT2D eigenvalue weighted by atomic mass is 32.1. The molecule has 8 nitrogen and oxygen atoms in total. The number of benzene rings is 1. The highest BCUT2D eigenvalue weighted by Crippen LogP contribution is 2.11. The zero-order chi connectivity index (χ0) is 16.5. The summed E-state index contributed by atoms with van der Waals surface area (Å²) in [4.78, 5) is 11.7. The molecule has 1 fully saturated rings. The number of nitrogens with zero attached hydrogens (tertiary/aromatic N) is 2. The van der Waals surface area contributed by atoms with Gasteiger partial charge < -0.3 is 15.0 Å². The first-order valence-electron chi connectivity index (χ1n) is 7.38. The van der Waals surface area contributed by atoms with Crippen molar-refractivity contribution in [2.75, 3.05) is 39.4 Å². The van der Waals surface area contributed by atoms with Gasteiger partial charge in [-0.3, -0.25) is 15.5 Å². The first-order valence-corrected chi connectivity index (χ1v) is 7.78. The molecule has 0 saturated carbocycles. The van der Waals surface area contributed by atoms with Crippen LogP contribution in [0.3, 0.4) is 0 Å². The van der Waals surface area contributed by atoms with Crippen molar-refractivity contribution in [2.45, 2.75) is 0 Å². The number of nitro groups is 1. The van der Waals surface area contributed by atoms with Crippen LogP contribution in [-0.2, 0) is 4.74 Å². The van der Waals surface area contributed by atoms with Crippen molar-refractivity contribution in [3.8, 4) is 0 Å². The topological polar surface area (TPSA) is 93.2 Å². The van der Waals surface area contributed by atoms with Gasteiger partial charge in [0.2, 0.25) is 0 Å². The van der Waals surface area contributed by atoms with E-state index < -0.39 is 4.92 Å². The molecular formula is C14H20N5O3S+. The average molecular weight is 338 g/mol. The van der Waals surface area contributed by atoms with E-state index in [9.17, 15) is 10.1 Å². The molecule has 1 saturated heterocycles. The smallest absolute Gasteiger partial charge is 0.270 e. The minimum Gasteiger partial charge on any atom is -0.370 e. The van der Waals surface area contributed by atoms with Crippen LogP contribution in [-0.4, -0.2) is 55.6 Å². The van der Waals surface area contributed by atoms with Gasteiger partial charge >= 0.3 is 0 Å². The summed E-state index contributed by atoms with van der Waals surface area (Å²) in [6.07, 6.45) is 1.49. The van der Waals surface area contributed by atoms with Gasteiger partial charge in [0.1, 0.15) is 13.1 Å². The van der Waals surface area contributed by atoms with Crippen molar-refractivity contribution in [3.05, 3.63) is 39.9 Å². The van der Waals surface area contributed by atoms with Gasteiger partial charge in [0.15, 0.2) is 5.11 Å². The standard InChI is InChI=1S/C14H19N5O3S/c20-19(21)13-3-1-2-12(10-13)11-16-17-14(23)15-4-5-18-6-8-22-9-7-18/h1-3,10-11H,4-9H2,(H2,15,17,23)/p+1/b16-11-. The maximum atomic E-state index is 10.7. The number of morpholine rings is 1. The van der Waals surface area contributed by atoms with Gasteiger partial charge in [-0.25, -0.2) is 0 Å². The first-order chi connectivity index (χ1) is 11.1. The Kier molecular flexibility index (Phi) is 6.85. The summed E-state index contributed by atoms with van der Waals surface area (Å²) in [5, 5.41) is 18.2. The van der Waals surface area contributed by atoms with Crippen LogP contribution in [0.2, 0.25) is 0 Å². The zero-order valence-corrected chi connectivity index (χ0v) is 13.5. The van der Waals surface area contributed by atoms with Crippen LogP contribution in [0, 0.1) is 10.1 Å². The number of nitrogens with one attached hydrogen (secondary N) is 3. The maximum Gasteiger partial charge on any atom is 0.270 e. The number of ether oxygens (including phenoxy) is 1. The van der Waals surface area contributed by atoms with E-state index in [1.807, 2.05) is 0 Å². The van der Waals surface area contributed by atoms with Crippen LogP contribution in [0.15, 0.2) is 29.4 Å². The van der Waals surface area contributed by atoms with Crippen LogP contribution in [0.4, 0.5) is 5.69 Å². The largest absolute Gasteiger partial charge is 0.370 e. The summed E-state index contributed by atoms with van der Waals surface area (Å²) >= 11 is 5.13. The minimum atomic E-state index is -0.440. The summed E-state index contributed by atoms with van der Waals surface area (Å²) in [5.41, 5.74) is 3.37. The van der Waals surface area contributed by atoms with Crippen LogP contribution in [0.25, 0.3) is 0 Å². The summed E-state index contributed by atoms with van der Waals surface area (Å²) in [6.45, 7) is 5.39. The van der Waals surface area contributed by atoms with E-state index in [2.05, 4.69) is 15.8 Å². The zero-order valence-electron chi connectivity index (χ0n) is 12.7. The number of hydrogen-bond donors (Lipinski definition) is 3. The Labute approximate surface area is 139 Å². The van der Waals surface area contributed by atoms with Gasteiger partial charge in [-0.05, 0) is 12.2 Å². The number of non-ortho nitro benzene ring substituents is 1. The second-order valence-corrected chi connectivity index (χ2v) is 5.50. The average Bonchev–Trinajstić information content (AvgIpc) is 2.56. The Morgan fingerprint density at radius 2 is 2.26 bits per heavy atom. The van der Waals surface area contributed by atoms with Gasteiger partial charge in [-0.2, -0.15) is 5.10 Å². The van der Waals surface area contributed by atoms with E-state index >= 15 is 0 Å². The quantitative estimate of drug-likeness (QED) is 0.275. The molecule has 0 amide bonds. The monoisotopic (exact) mass is 338 g/mol. The number of hydrogen-bond acceptors (Lipinski definition) is 5. The van der Waals surface area contributed by atoms with E-state index in [1.165, 1.54) is 23.2 Å². The van der Waals surface area contributed by atoms with Crippen molar-refractivity contribution in [3.63, 3.8) is 0 Å². The molecule has 1 aromatic rings. The Bertz CT molecular complexity index is 575. The molecule has 0 atom stereocenters. The number of nitro benzene ring substituents is 1. The highest BCUT2D eigenvalue weighted by Gasteiger charge is 2.12. The third kappa shape index (κ3) is 6.27. The molecule has 0 bridgehead atoms.